The second kappa shape index (κ2) is 4.92. The van der Waals surface area contributed by atoms with E-state index in [2.05, 4.69) is 10.3 Å². The van der Waals surface area contributed by atoms with Gasteiger partial charge in [-0.05, 0) is 18.2 Å². The summed E-state index contributed by atoms with van der Waals surface area (Å²) >= 11 is 0. The summed E-state index contributed by atoms with van der Waals surface area (Å²) in [5.41, 5.74) is 2.82. The Morgan fingerprint density at radius 1 is 1.13 bits per heavy atom. The lowest BCUT2D eigenvalue weighted by molar-refractivity contribution is 0.415. The number of aromatic nitrogens is 3. The number of rotatable bonds is 2. The van der Waals surface area contributed by atoms with Crippen LogP contribution in [0.1, 0.15) is 0 Å². The fraction of sp³-hybridized carbons (Fsp3) is 0.125. The van der Waals surface area contributed by atoms with Gasteiger partial charge in [-0.1, -0.05) is 35.5 Å². The smallest absolute Gasteiger partial charge is 0.199 e. The summed E-state index contributed by atoms with van der Waals surface area (Å²) in [5, 5.41) is 8.23. The molecule has 0 N–H and O–H groups in total. The van der Waals surface area contributed by atoms with E-state index in [0.717, 1.165) is 5.56 Å². The summed E-state index contributed by atoms with van der Waals surface area (Å²) in [5.74, 6) is 0.511. The first-order valence-corrected chi connectivity index (χ1v) is 8.65. The van der Waals surface area contributed by atoms with Crippen molar-refractivity contribution in [2.75, 3.05) is 7.11 Å². The third-order valence-electron chi connectivity index (χ3n) is 3.85. The number of fused-ring (bicyclic) bond motifs is 3. The van der Waals surface area contributed by atoms with Crippen molar-refractivity contribution >= 4 is 9.84 Å². The van der Waals surface area contributed by atoms with E-state index in [-0.39, 0.29) is 5.88 Å². The Labute approximate surface area is 133 Å². The lowest BCUT2D eigenvalue weighted by Gasteiger charge is -2.18. The second-order valence-electron chi connectivity index (χ2n) is 5.26. The maximum Gasteiger partial charge on any atom is 0.199 e. The van der Waals surface area contributed by atoms with Crippen molar-refractivity contribution in [1.29, 1.82) is 0 Å². The molecule has 0 atom stereocenters. The molecule has 0 saturated carbocycles. The van der Waals surface area contributed by atoms with Crippen molar-refractivity contribution in [2.24, 2.45) is 0 Å². The van der Waals surface area contributed by atoms with Crippen LogP contribution in [0.3, 0.4) is 0 Å². The fourth-order valence-corrected chi connectivity index (χ4v) is 4.23. The van der Waals surface area contributed by atoms with Crippen LogP contribution in [0.4, 0.5) is 0 Å². The minimum absolute atomic E-state index is 0.198. The highest BCUT2D eigenvalue weighted by Gasteiger charge is 2.31. The molecule has 6 nitrogen and oxygen atoms in total. The molecule has 1 aromatic heterocycles. The van der Waals surface area contributed by atoms with E-state index in [0.29, 0.717) is 27.6 Å². The van der Waals surface area contributed by atoms with Gasteiger partial charge in [-0.2, -0.15) is 0 Å². The van der Waals surface area contributed by atoms with E-state index in [4.69, 9.17) is 4.74 Å². The number of hydrogen-bond acceptors (Lipinski definition) is 5. The predicted octanol–water partition coefficient (Wildman–Crippen LogP) is 2.37. The minimum atomic E-state index is -3.40. The topological polar surface area (TPSA) is 74.1 Å². The number of benzene rings is 2. The largest absolute Gasteiger partial charge is 0.497 e. The van der Waals surface area contributed by atoms with Crippen molar-refractivity contribution in [3.63, 3.8) is 0 Å². The van der Waals surface area contributed by atoms with Crippen LogP contribution in [-0.2, 0) is 15.7 Å². The third-order valence-corrected chi connectivity index (χ3v) is 5.46. The molecule has 0 fully saturated rings. The molecule has 0 amide bonds. The van der Waals surface area contributed by atoms with Gasteiger partial charge in [0.15, 0.2) is 9.84 Å². The fourth-order valence-electron chi connectivity index (χ4n) is 2.80. The molecule has 7 heteroatoms. The van der Waals surface area contributed by atoms with Gasteiger partial charge in [0.05, 0.1) is 17.7 Å². The van der Waals surface area contributed by atoms with E-state index < -0.39 is 9.84 Å². The number of methoxy groups -OCH3 is 1. The molecule has 0 spiro atoms. The average Bonchev–Trinajstić information content (AvgIpc) is 2.98. The van der Waals surface area contributed by atoms with Gasteiger partial charge in [-0.3, -0.25) is 0 Å². The number of sulfone groups is 1. The molecule has 0 unspecified atom stereocenters. The van der Waals surface area contributed by atoms with Crippen molar-refractivity contribution in [2.45, 2.75) is 10.8 Å². The minimum Gasteiger partial charge on any atom is -0.497 e. The van der Waals surface area contributed by atoms with Crippen molar-refractivity contribution in [1.82, 2.24) is 15.0 Å². The lowest BCUT2D eigenvalue weighted by Crippen LogP contribution is -2.19. The highest BCUT2D eigenvalue weighted by Crippen LogP contribution is 2.39. The Morgan fingerprint density at radius 3 is 2.78 bits per heavy atom. The van der Waals surface area contributed by atoms with Crippen LogP contribution in [0.2, 0.25) is 0 Å². The molecule has 0 bridgehead atoms. The van der Waals surface area contributed by atoms with Crippen LogP contribution in [0, 0.1) is 0 Å². The molecular weight excluding hydrogens is 314 g/mol. The lowest BCUT2D eigenvalue weighted by atomic mass is 10.0. The zero-order valence-corrected chi connectivity index (χ0v) is 13.1. The monoisotopic (exact) mass is 327 g/mol. The molecule has 1 aliphatic rings. The first-order valence-electron chi connectivity index (χ1n) is 7.00. The van der Waals surface area contributed by atoms with Crippen molar-refractivity contribution in [3.05, 3.63) is 48.5 Å². The molecule has 23 heavy (non-hydrogen) atoms. The Kier molecular flexibility index (Phi) is 2.99. The normalized spacial score (nSPS) is 14.8. The first-order chi connectivity index (χ1) is 11.1. The molecule has 4 rings (SSSR count). The van der Waals surface area contributed by atoms with Crippen LogP contribution in [0.5, 0.6) is 5.75 Å². The Hall–Kier alpha value is -2.67. The summed E-state index contributed by atoms with van der Waals surface area (Å²) in [6.45, 7) is 0. The number of hydrogen-bond donors (Lipinski definition) is 0. The number of ether oxygens (including phenoxy) is 1. The standard InChI is InChI=1S/C16H13N3O3S/c1-22-12-6-4-5-11(9-12)15-16-13-7-2-3-8-14(13)23(20,21)10-19(16)18-17-15/h2-9H,10H2,1H3. The van der Waals surface area contributed by atoms with Crippen LogP contribution >= 0.6 is 0 Å². The zero-order valence-electron chi connectivity index (χ0n) is 12.3. The summed E-state index contributed by atoms with van der Waals surface area (Å²) in [4.78, 5) is 0.318. The Bertz CT molecular complexity index is 1010. The van der Waals surface area contributed by atoms with Gasteiger partial charge < -0.3 is 4.74 Å². The van der Waals surface area contributed by atoms with Gasteiger partial charge in [0.1, 0.15) is 17.3 Å². The van der Waals surface area contributed by atoms with Crippen LogP contribution < -0.4 is 4.74 Å². The molecule has 0 aliphatic carbocycles. The van der Waals surface area contributed by atoms with Gasteiger partial charge in [-0.25, -0.2) is 13.1 Å². The quantitative estimate of drug-likeness (QED) is 0.722. The predicted molar refractivity (Wildman–Crippen MR) is 84.6 cm³/mol. The van der Waals surface area contributed by atoms with Crippen LogP contribution in [0.15, 0.2) is 53.4 Å². The third kappa shape index (κ3) is 2.12. The van der Waals surface area contributed by atoms with Gasteiger partial charge in [0.2, 0.25) is 0 Å². The summed E-state index contributed by atoms with van der Waals surface area (Å²) in [6, 6.07) is 14.4. The van der Waals surface area contributed by atoms with Gasteiger partial charge >= 0.3 is 0 Å². The highest BCUT2D eigenvalue weighted by atomic mass is 32.2. The maximum absolute atomic E-state index is 12.4. The molecule has 0 saturated heterocycles. The highest BCUT2D eigenvalue weighted by molar-refractivity contribution is 7.90. The van der Waals surface area contributed by atoms with E-state index >= 15 is 0 Å². The van der Waals surface area contributed by atoms with E-state index in [1.54, 1.807) is 25.3 Å². The molecule has 116 valence electrons. The van der Waals surface area contributed by atoms with Gasteiger partial charge in [0.25, 0.3) is 0 Å². The summed E-state index contributed by atoms with van der Waals surface area (Å²) in [7, 11) is -1.80. The van der Waals surface area contributed by atoms with Crippen molar-refractivity contribution < 1.29 is 13.2 Å². The van der Waals surface area contributed by atoms with E-state index in [1.165, 1.54) is 4.68 Å². The molecule has 2 aromatic carbocycles. The Balaban J connectivity index is 1.98. The molecular formula is C16H13N3O3S. The SMILES string of the molecule is COc1cccc(-c2nnn3c2-c2ccccc2S(=O)(=O)C3)c1. The second-order valence-corrected chi connectivity index (χ2v) is 7.19. The molecule has 2 heterocycles. The zero-order chi connectivity index (χ0) is 16.0. The van der Waals surface area contributed by atoms with Gasteiger partial charge in [0, 0.05) is 11.1 Å². The average molecular weight is 327 g/mol. The number of nitrogens with zero attached hydrogens (tertiary/aromatic N) is 3. The van der Waals surface area contributed by atoms with E-state index in [1.807, 2.05) is 30.3 Å². The molecule has 0 radical (unpaired) electrons. The van der Waals surface area contributed by atoms with Crippen LogP contribution in [0.25, 0.3) is 22.5 Å². The Morgan fingerprint density at radius 2 is 1.96 bits per heavy atom. The first kappa shape index (κ1) is 14.0. The van der Waals surface area contributed by atoms with E-state index in [9.17, 15) is 8.42 Å². The summed E-state index contributed by atoms with van der Waals surface area (Å²) < 4.78 is 31.4. The summed E-state index contributed by atoms with van der Waals surface area (Å²) in [6.07, 6.45) is 0. The molecule has 3 aromatic rings. The molecule has 1 aliphatic heterocycles. The van der Waals surface area contributed by atoms with Crippen LogP contribution in [-0.4, -0.2) is 30.5 Å². The maximum atomic E-state index is 12.4. The van der Waals surface area contributed by atoms with Crippen molar-refractivity contribution in [3.8, 4) is 28.3 Å². The van der Waals surface area contributed by atoms with Gasteiger partial charge in [-0.15, -0.1) is 5.10 Å².